The van der Waals surface area contributed by atoms with Crippen LogP contribution in [0.15, 0.2) is 47.7 Å². The van der Waals surface area contributed by atoms with Crippen LogP contribution in [0.1, 0.15) is 225 Å². The molecule has 44 nitrogen and oxygen atoms in total. The number of carbonyl (C=O) groups is 2. The number of nitrogens with one attached hydrogen (secondary N) is 6. The largest absolute Gasteiger partial charge is 0.481 e. The fraction of sp³-hybridized carbons (Fsp3) is 0.598. The number of esters is 1. The first-order valence-corrected chi connectivity index (χ1v) is 54.6. The molecule has 0 spiro atoms. The average Bonchev–Trinajstić information content (AvgIpc) is 1.58. The average molecular weight is 2070 g/mol. The molecule has 0 aliphatic heterocycles. The molecule has 0 bridgehead atoms. The second-order valence-electron chi connectivity index (χ2n) is 33.9. The van der Waals surface area contributed by atoms with Crippen molar-refractivity contribution in [3.63, 3.8) is 0 Å². The van der Waals surface area contributed by atoms with E-state index in [2.05, 4.69) is 113 Å². The smallest absolute Gasteiger partial charge is 0.332 e. The van der Waals surface area contributed by atoms with Gasteiger partial charge < -0.3 is 33.8 Å². The molecule has 0 saturated carbocycles. The van der Waals surface area contributed by atoms with E-state index in [0.29, 0.717) is 97.2 Å². The van der Waals surface area contributed by atoms with Gasteiger partial charge in [-0.05, 0) is 239 Å². The molecule has 6 aliphatic carbocycles. The molecule has 0 fully saturated rings. The summed E-state index contributed by atoms with van der Waals surface area (Å²) < 4.78 is 95.5. The summed E-state index contributed by atoms with van der Waals surface area (Å²) in [4.78, 5) is 109. The Labute approximate surface area is 813 Å². The van der Waals surface area contributed by atoms with Crippen LogP contribution >= 0.6 is 32.0 Å². The van der Waals surface area contributed by atoms with Crippen LogP contribution in [0.3, 0.4) is 0 Å². The predicted molar refractivity (Wildman–Crippen MR) is 525 cm³/mol. The van der Waals surface area contributed by atoms with E-state index in [1.807, 2.05) is 0 Å². The molecule has 762 valence electrons. The fourth-order valence-electron chi connectivity index (χ4n) is 17.4. The number of aromatic amines is 6. The van der Waals surface area contributed by atoms with Crippen molar-refractivity contribution in [2.45, 2.75) is 252 Å². The molecular formula is C87H129Cl3N24O20S4. The molecule has 6 aliphatic rings. The molecule has 0 atom stereocenters. The monoisotopic (exact) mass is 2060 g/mol. The van der Waals surface area contributed by atoms with Crippen LogP contribution in [0.4, 0.5) is 0 Å². The van der Waals surface area contributed by atoms with Gasteiger partial charge in [-0.15, -0.1) is 0 Å². The van der Waals surface area contributed by atoms with E-state index in [1.54, 1.807) is 68.6 Å². The standard InChI is InChI=1S/2C17H22N6O2.C12H20N2O5S2.C11H16N2O2.C10H14N2O2.C10H16N2O.C7H8N4O2.CH3ClO2S.CH4O.CH4.Cl2OS/c2*1-21-10-18-15-14(21)16(24)23(17(25)22(15)2)9-5-8-13-11-6-3-4-7-12(11)19-20-13;1-20(15,16)14-12(8-5-9-19-21(2,17)18)10-6-3-4-7-11(10)13-14;1-15-11(14)7-6-10-8-4-2-3-5-9(8)12-13-10;13-10(14)6-5-9-7-3-1-2-4-8(7)11-12-9;13-7-3-6-10-8-4-1-2-5-9(8)11-12-10;1-10-3-8-5-4(10)6(12)9-7(13)11(5)2;1-5(2,3)4;1-2;;1-4(2)3/h2*10H,3-9H2,1-2H3,(H,19,20);3-9H2,1-2H3;2-7H2,1H3,(H,12,13);1-6H2,(H,11,12)(H,13,14);13H,1-7H2,(H,11,12);3H,1-2H3,(H,9,12,13);1H3;2H,1H3;1H4;. The number of ether oxygens (including phenoxy) is 1. The summed E-state index contributed by atoms with van der Waals surface area (Å²) in [5.41, 5.74) is 21.5. The summed E-state index contributed by atoms with van der Waals surface area (Å²) in [5.74, 6) is -0.917. The molecule has 0 radical (unpaired) electrons. The van der Waals surface area contributed by atoms with Crippen LogP contribution in [0.2, 0.25) is 0 Å². The molecule has 12 aromatic rings. The highest BCUT2D eigenvalue weighted by molar-refractivity contribution is 8.26. The molecule has 18 rings (SSSR count). The molecule has 0 unspecified atom stereocenters. The third-order valence-corrected chi connectivity index (χ3v) is 25.5. The summed E-state index contributed by atoms with van der Waals surface area (Å²) in [6, 6.07) is 0. The minimum atomic E-state index is -3.46. The quantitative estimate of drug-likeness (QED) is 0.0150. The number of hydrogen-bond donors (Lipinski definition) is 9. The van der Waals surface area contributed by atoms with Gasteiger partial charge in [0.05, 0.1) is 104 Å². The van der Waals surface area contributed by atoms with E-state index >= 15 is 0 Å². The molecule has 0 aromatic carbocycles. The summed E-state index contributed by atoms with van der Waals surface area (Å²) in [7, 11) is 14.3. The Morgan fingerprint density at radius 3 is 1.14 bits per heavy atom. The number of methoxy groups -OCH3 is 1. The Balaban J connectivity index is 0.000000196. The Morgan fingerprint density at radius 2 is 0.797 bits per heavy atom. The lowest BCUT2D eigenvalue weighted by atomic mass is 9.95. The first-order valence-electron chi connectivity index (χ1n) is 45.4. The third-order valence-electron chi connectivity index (χ3n) is 24.0. The number of aliphatic carboxylic acids is 1. The van der Waals surface area contributed by atoms with Crippen molar-refractivity contribution in [1.29, 1.82) is 0 Å². The van der Waals surface area contributed by atoms with Gasteiger partial charge in [-0.3, -0.25) is 81.5 Å². The zero-order valence-corrected chi connectivity index (χ0v) is 84.6. The van der Waals surface area contributed by atoms with Crippen LogP contribution in [0, 0.1) is 0 Å². The summed E-state index contributed by atoms with van der Waals surface area (Å²) in [6.07, 6.45) is 42.0. The van der Waals surface area contributed by atoms with Crippen LogP contribution < -0.4 is 33.7 Å². The molecule has 9 N–H and O–H groups in total. The number of carboxylic acids is 1. The summed E-state index contributed by atoms with van der Waals surface area (Å²) in [5, 5.41) is 65.6. The molecule has 138 heavy (non-hydrogen) atoms. The van der Waals surface area contributed by atoms with Crippen molar-refractivity contribution in [3.05, 3.63) is 183 Å². The summed E-state index contributed by atoms with van der Waals surface area (Å²) in [6.45, 7) is 1.08. The Bertz CT molecular complexity index is 6720. The van der Waals surface area contributed by atoms with E-state index in [0.717, 1.165) is 173 Å². The van der Waals surface area contributed by atoms with Crippen molar-refractivity contribution in [2.24, 2.45) is 42.3 Å². The zero-order valence-electron chi connectivity index (χ0n) is 79.1. The van der Waals surface area contributed by atoms with Gasteiger partial charge >= 0.3 is 29.0 Å². The van der Waals surface area contributed by atoms with Crippen molar-refractivity contribution in [1.82, 2.24) is 117 Å². The van der Waals surface area contributed by atoms with Crippen LogP contribution in [-0.4, -0.2) is 220 Å². The number of carboxylic acid groups (broad SMARTS) is 1. The number of hydrogen-bond acceptors (Lipinski definition) is 28. The Morgan fingerprint density at radius 1 is 0.471 bits per heavy atom. The van der Waals surface area contributed by atoms with Crippen LogP contribution in [0.25, 0.3) is 33.5 Å². The number of aromatic nitrogens is 24. The minimum Gasteiger partial charge on any atom is -0.481 e. The number of fused-ring (bicyclic) bond motifs is 9. The molecule has 0 amide bonds. The minimum absolute atomic E-state index is 0. The number of imidazole rings is 3. The maximum atomic E-state index is 12.7. The van der Waals surface area contributed by atoms with Crippen molar-refractivity contribution < 1.29 is 63.3 Å². The van der Waals surface area contributed by atoms with E-state index in [-0.39, 0.29) is 55.5 Å². The third kappa shape index (κ3) is 31.2. The highest BCUT2D eigenvalue weighted by Gasteiger charge is 2.28. The molecule has 12 heterocycles. The van der Waals surface area contributed by atoms with Gasteiger partial charge in [0.1, 0.15) is 0 Å². The highest BCUT2D eigenvalue weighted by atomic mass is 36.0. The number of nitrogens with zero attached hydrogens (tertiary/aromatic N) is 18. The first kappa shape index (κ1) is 113. The van der Waals surface area contributed by atoms with E-state index in [9.17, 15) is 63.6 Å². The number of aliphatic hydroxyl groups is 2. The van der Waals surface area contributed by atoms with Crippen LogP contribution in [0.5, 0.6) is 0 Å². The topological polar surface area (TPSA) is 590 Å². The maximum absolute atomic E-state index is 12.7. The second-order valence-corrected chi connectivity index (χ2v) is 42.9. The van der Waals surface area contributed by atoms with Gasteiger partial charge in [0, 0.05) is 142 Å². The number of carbonyl (C=O) groups excluding carboxylic acids is 1. The van der Waals surface area contributed by atoms with Crippen molar-refractivity contribution in [3.8, 4) is 0 Å². The predicted octanol–water partition coefficient (Wildman–Crippen LogP) is 6.16. The maximum Gasteiger partial charge on any atom is 0.332 e. The lowest BCUT2D eigenvalue weighted by Gasteiger charge is -2.11. The lowest BCUT2D eigenvalue weighted by molar-refractivity contribution is -0.140. The zero-order chi connectivity index (χ0) is 100. The fourth-order valence-corrected chi connectivity index (χ4v) is 18.7. The molecular weight excluding hydrogens is 1940 g/mol. The van der Waals surface area contributed by atoms with E-state index < -0.39 is 55.6 Å². The number of H-pyrrole nitrogens is 6. The molecule has 0 saturated heterocycles. The Kier molecular flexibility index (Phi) is 43.4. The van der Waals surface area contributed by atoms with Gasteiger partial charge in [0.25, 0.3) is 36.8 Å². The van der Waals surface area contributed by atoms with Crippen LogP contribution in [-0.2, 0) is 228 Å². The molecule has 12 aromatic heterocycles. The van der Waals surface area contributed by atoms with E-state index in [1.165, 1.54) is 169 Å². The number of aryl methyl sites for hydroxylation is 17. The molecule has 51 heteroatoms. The van der Waals surface area contributed by atoms with Crippen molar-refractivity contribution in [2.75, 3.05) is 46.2 Å². The first-order chi connectivity index (χ1) is 65.2. The van der Waals surface area contributed by atoms with Gasteiger partial charge in [-0.2, -0.15) is 43.1 Å². The Hall–Kier alpha value is -10.6. The van der Waals surface area contributed by atoms with Gasteiger partial charge in [-0.1, -0.05) is 7.43 Å². The SMILES string of the molecule is C.CO.COC(=O)CCc1n[nH]c2c1CCCC2.CS(=O)(=O)Cl.CS(=O)(=O)OCCCc1c2c(nn1S(C)(=O)=O)CCCC2.Cn1cnc2c1c(=O)[nH]c(=O)n2C.Cn1cnc2c1c(=O)n(CCCc1n[nH]c3c1CCCC3)c(=O)n2C.Cn1cnc2c1c(=O)n(CCCc1n[nH]c3c1CCCC3)c(=O)n2C.O=C(O)CCc1n[nH]c2c1CCCC2.O=S(Cl)Cl.OCCCc1n[nH]c2c1CCCC2. The van der Waals surface area contributed by atoms with Gasteiger partial charge in [-0.25, -0.2) is 50.4 Å². The van der Waals surface area contributed by atoms with Gasteiger partial charge in [0.2, 0.25) is 18.3 Å². The van der Waals surface area contributed by atoms with Crippen molar-refractivity contribution >= 4 is 116 Å². The normalized spacial score (nSPS) is 13.9. The number of rotatable bonds is 23. The summed E-state index contributed by atoms with van der Waals surface area (Å²) >= 11 is 0. The van der Waals surface area contributed by atoms with E-state index in [4.69, 9.17) is 23.7 Å². The number of aliphatic hydroxyl groups excluding tert-OH is 2. The van der Waals surface area contributed by atoms with Gasteiger partial charge in [0.15, 0.2) is 33.5 Å². The second kappa shape index (κ2) is 53.1. The number of halogens is 3. The lowest BCUT2D eigenvalue weighted by Crippen LogP contribution is -2.39. The highest BCUT2D eigenvalue weighted by Crippen LogP contribution is 2.30.